The second-order valence-corrected chi connectivity index (χ2v) is 23.7. The number of rotatable bonds is 34. The molecule has 4 rings (SSSR count). The number of imidazole rings is 1. The van der Waals surface area contributed by atoms with Gasteiger partial charge in [-0.25, -0.2) is 28.6 Å². The molecule has 4 heterocycles. The molecule has 2 amide bonds. The van der Waals surface area contributed by atoms with Crippen molar-refractivity contribution in [2.75, 3.05) is 44.4 Å². The largest absolute Gasteiger partial charge is 0.481 e. The molecule has 422 valence electrons. The Balaban J connectivity index is 1.02. The minimum absolute atomic E-state index is 0.0261. The van der Waals surface area contributed by atoms with E-state index in [2.05, 4.69) is 34.4 Å². The number of carbonyl (C=O) groups excluding carboxylic acids is 3. The van der Waals surface area contributed by atoms with E-state index in [-0.39, 0.29) is 54.1 Å². The van der Waals surface area contributed by atoms with Gasteiger partial charge in [-0.15, -0.1) is 0 Å². The van der Waals surface area contributed by atoms with E-state index in [1.807, 2.05) is 6.08 Å². The van der Waals surface area contributed by atoms with Crippen LogP contribution in [0.5, 0.6) is 0 Å². The minimum Gasteiger partial charge on any atom is -0.390 e. The van der Waals surface area contributed by atoms with E-state index in [1.54, 1.807) is 6.92 Å². The maximum Gasteiger partial charge on any atom is 0.481 e. The lowest BCUT2D eigenvalue weighted by atomic mass is 9.87. The Morgan fingerprint density at radius 2 is 1.55 bits per heavy atom. The zero-order chi connectivity index (χ0) is 54.7. The number of hydrogen-bond donors (Lipinski definition) is 11. The minimum atomic E-state index is -5.59. The van der Waals surface area contributed by atoms with E-state index in [9.17, 15) is 68.1 Å². The van der Waals surface area contributed by atoms with Crippen molar-refractivity contribution >= 4 is 69.1 Å². The molecule has 0 radical (unpaired) electrons. The van der Waals surface area contributed by atoms with Crippen LogP contribution >= 0.6 is 35.2 Å². The fourth-order valence-electron chi connectivity index (χ4n) is 7.58. The topological polar surface area (TPSA) is 423 Å². The van der Waals surface area contributed by atoms with Crippen molar-refractivity contribution in [2.45, 2.75) is 159 Å². The number of nitrogens with two attached hydrogens (primary N) is 1. The lowest BCUT2D eigenvalue weighted by Gasteiger charge is -2.35. The van der Waals surface area contributed by atoms with Gasteiger partial charge >= 0.3 is 23.5 Å². The highest BCUT2D eigenvalue weighted by atomic mass is 32.2. The summed E-state index contributed by atoms with van der Waals surface area (Å²) in [5.41, 5.74) is 4.26. The van der Waals surface area contributed by atoms with Gasteiger partial charge in [0.1, 0.15) is 42.4 Å². The van der Waals surface area contributed by atoms with Gasteiger partial charge in [-0.05, 0) is 32.3 Å². The number of nitrogens with one attached hydrogen (secondary N) is 2. The first kappa shape index (κ1) is 63.7. The third-order valence-corrected chi connectivity index (χ3v) is 15.7. The molecule has 11 atom stereocenters. The van der Waals surface area contributed by atoms with Crippen molar-refractivity contribution in [3.05, 3.63) is 24.8 Å². The van der Waals surface area contributed by atoms with E-state index in [1.165, 1.54) is 32.8 Å². The van der Waals surface area contributed by atoms with Crippen molar-refractivity contribution in [3.8, 4) is 0 Å². The maximum atomic E-state index is 12.8. The number of phosphoric acid groups is 3. The molecule has 32 heteroatoms. The van der Waals surface area contributed by atoms with Gasteiger partial charge < -0.3 is 70.6 Å². The van der Waals surface area contributed by atoms with E-state index in [4.69, 9.17) is 29.0 Å². The van der Waals surface area contributed by atoms with Gasteiger partial charge in [-0.1, -0.05) is 83.1 Å². The summed E-state index contributed by atoms with van der Waals surface area (Å²) >= 11 is 1.04. The average molecular weight is 1140 g/mol. The summed E-state index contributed by atoms with van der Waals surface area (Å²) in [6.07, 6.45) is 5.85. The lowest BCUT2D eigenvalue weighted by Crippen LogP contribution is -2.47. The van der Waals surface area contributed by atoms with Crippen LogP contribution in [0.3, 0.4) is 0 Å². The van der Waals surface area contributed by atoms with Crippen LogP contribution < -0.4 is 16.4 Å². The molecule has 0 saturated carbocycles. The first-order valence-electron chi connectivity index (χ1n) is 24.1. The molecular formula is C42H72N7O21P3S. The van der Waals surface area contributed by atoms with Crippen LogP contribution in [0.15, 0.2) is 24.8 Å². The quantitative estimate of drug-likeness (QED) is 0.0272. The summed E-state index contributed by atoms with van der Waals surface area (Å²) < 4.78 is 73.6. The molecule has 2 aromatic heterocycles. The monoisotopic (exact) mass is 1140 g/mol. The number of hydrogen-bond acceptors (Lipinski definition) is 22. The van der Waals surface area contributed by atoms with Crippen LogP contribution in [0, 0.1) is 5.41 Å². The van der Waals surface area contributed by atoms with Crippen molar-refractivity contribution < 1.29 is 100 Å². The van der Waals surface area contributed by atoms with E-state index < -0.39 is 103 Å². The zero-order valence-corrected chi connectivity index (χ0v) is 44.9. The number of fused-ring (bicyclic) bond motifs is 1. The molecule has 0 aromatic carbocycles. The van der Waals surface area contributed by atoms with Gasteiger partial charge in [0.2, 0.25) is 16.9 Å². The second kappa shape index (κ2) is 30.3. The standard InChI is InChI=1S/C42H72N7O21P3S/c1-27-28(50)22-29(51)41(67-27)64-20-15-13-11-9-7-5-4-6-8-10-12-14-16-32(53)74-21-19-44-31(52)17-18-45-39(56)36(55)42(2,3)24-66-73(62,63)70-72(60,61)65-23-30-35(69-71(57,58)59)34(54)40(68-30)49-26-48-33-37(43)46-25-47-38(33)49/h14,16,25-30,34-36,40-41,50-51,54-55H,4-13,15,17-24H2,1-3H3,(H,44,52)(H,45,56)(H,60,61)(H,62,63)(H2,43,46,47)(H2,57,58,59)/b16-14+/t27-,28+,29+,30+,34+,35+,36-,40+,41+/m0/s1. The highest BCUT2D eigenvalue weighted by Crippen LogP contribution is 2.61. The van der Waals surface area contributed by atoms with Gasteiger partial charge in [0.15, 0.2) is 24.0 Å². The maximum absolute atomic E-state index is 12.8. The van der Waals surface area contributed by atoms with Crippen LogP contribution in [0.4, 0.5) is 5.82 Å². The fraction of sp³-hybridized carbons (Fsp3) is 0.762. The summed E-state index contributed by atoms with van der Waals surface area (Å²) in [5.74, 6) is -1.16. The number of anilines is 1. The molecule has 2 fully saturated rings. The number of aliphatic hydroxyl groups is 4. The molecule has 74 heavy (non-hydrogen) atoms. The third kappa shape index (κ3) is 21.9. The Labute approximate surface area is 432 Å². The Kier molecular flexibility index (Phi) is 26.1. The van der Waals surface area contributed by atoms with Gasteiger partial charge in [-0.2, -0.15) is 4.31 Å². The van der Waals surface area contributed by atoms with Crippen molar-refractivity contribution in [2.24, 2.45) is 5.41 Å². The molecule has 2 unspecified atom stereocenters. The molecule has 0 bridgehead atoms. The zero-order valence-electron chi connectivity index (χ0n) is 41.4. The summed E-state index contributed by atoms with van der Waals surface area (Å²) in [6.45, 7) is 2.72. The smallest absolute Gasteiger partial charge is 0.390 e. The molecule has 12 N–H and O–H groups in total. The molecule has 0 spiro atoms. The molecule has 2 aromatic rings. The number of nitrogens with zero attached hydrogens (tertiary/aromatic N) is 4. The molecule has 2 saturated heterocycles. The fourth-order valence-corrected chi connectivity index (χ4v) is 11.0. The summed E-state index contributed by atoms with van der Waals surface area (Å²) in [6, 6.07) is 0. The van der Waals surface area contributed by atoms with Crippen molar-refractivity contribution in [3.63, 3.8) is 0 Å². The number of nitrogen functional groups attached to an aromatic ring is 1. The van der Waals surface area contributed by atoms with Crippen LogP contribution in [-0.2, 0) is 60.2 Å². The number of aliphatic hydroxyl groups excluding tert-OH is 4. The third-order valence-electron chi connectivity index (χ3n) is 11.7. The molecule has 2 aliphatic rings. The van der Waals surface area contributed by atoms with Gasteiger partial charge in [-0.3, -0.25) is 32.5 Å². The number of amides is 2. The predicted octanol–water partition coefficient (Wildman–Crippen LogP) is 2.39. The van der Waals surface area contributed by atoms with E-state index in [0.717, 1.165) is 86.8 Å². The SMILES string of the molecule is C[C@@H]1O[C@@H](OCCCCCCCCCCCC/C=C/C(=O)SCCNC(=O)CCNC(=O)[C@H](O)C(C)(C)COP(=O)(O)OP(=O)(O)OC[C@H]2O[C@@H](n3cnc4c(N)ncnc43)[C@H](O)[C@@H]2OP(=O)(O)O)[C@H](O)C[C@H]1O. The summed E-state index contributed by atoms with van der Waals surface area (Å²) in [5, 5.41) is 46.2. The number of ether oxygens (including phenoxy) is 3. The number of unbranched alkanes of at least 4 members (excludes halogenated alkanes) is 10. The van der Waals surface area contributed by atoms with E-state index in [0.29, 0.717) is 12.4 Å². The van der Waals surface area contributed by atoms with Crippen LogP contribution in [0.25, 0.3) is 11.2 Å². The van der Waals surface area contributed by atoms with Crippen LogP contribution in [-0.4, -0.2) is 164 Å². The predicted molar refractivity (Wildman–Crippen MR) is 264 cm³/mol. The molecule has 28 nitrogen and oxygen atoms in total. The molecular weight excluding hydrogens is 1060 g/mol. The van der Waals surface area contributed by atoms with Crippen LogP contribution in [0.1, 0.15) is 110 Å². The number of allylic oxidation sites excluding steroid dienone is 1. The normalized spacial score (nSPS) is 24.7. The molecule has 0 aliphatic carbocycles. The first-order chi connectivity index (χ1) is 34.8. The van der Waals surface area contributed by atoms with Gasteiger partial charge in [0.25, 0.3) is 0 Å². The number of phosphoric ester groups is 3. The number of aromatic nitrogens is 4. The summed E-state index contributed by atoms with van der Waals surface area (Å²) in [7, 11) is -16.4. The molecule has 2 aliphatic heterocycles. The average Bonchev–Trinajstić information content (AvgIpc) is 3.88. The summed E-state index contributed by atoms with van der Waals surface area (Å²) in [4.78, 5) is 88.4. The Morgan fingerprint density at radius 3 is 2.23 bits per heavy atom. The highest BCUT2D eigenvalue weighted by Gasteiger charge is 2.50. The van der Waals surface area contributed by atoms with Gasteiger partial charge in [0, 0.05) is 43.7 Å². The Bertz CT molecular complexity index is 2280. The van der Waals surface area contributed by atoms with Crippen LogP contribution in [0.2, 0.25) is 0 Å². The van der Waals surface area contributed by atoms with Gasteiger partial charge in [0.05, 0.1) is 31.7 Å². The first-order valence-corrected chi connectivity index (χ1v) is 29.7. The lowest BCUT2D eigenvalue weighted by molar-refractivity contribution is -0.261. The number of carbonyl (C=O) groups is 3. The highest BCUT2D eigenvalue weighted by molar-refractivity contribution is 8.14. The van der Waals surface area contributed by atoms with E-state index >= 15 is 0 Å². The number of thioether (sulfide) groups is 1. The van der Waals surface area contributed by atoms with Crippen molar-refractivity contribution in [1.29, 1.82) is 0 Å². The van der Waals surface area contributed by atoms with Crippen molar-refractivity contribution in [1.82, 2.24) is 30.2 Å². The Hall–Kier alpha value is -2.86. The second-order valence-electron chi connectivity index (χ2n) is 18.4. The Morgan fingerprint density at radius 1 is 0.905 bits per heavy atom.